The summed E-state index contributed by atoms with van der Waals surface area (Å²) in [5.41, 5.74) is -0.786. The Morgan fingerprint density at radius 3 is 2.75 bits per heavy atom. The Morgan fingerprint density at radius 2 is 2.08 bits per heavy atom. The summed E-state index contributed by atoms with van der Waals surface area (Å²) in [6.07, 6.45) is -1.42. The first-order valence-electron chi connectivity index (χ1n) is 7.64. The third-order valence-electron chi connectivity index (χ3n) is 3.98. The van der Waals surface area contributed by atoms with Gasteiger partial charge < -0.3 is 18.9 Å². The molecule has 3 heterocycles. The maximum atomic E-state index is 12.2. The fourth-order valence-corrected chi connectivity index (χ4v) is 3.05. The van der Waals surface area contributed by atoms with Gasteiger partial charge in [0.1, 0.15) is 12.2 Å². The summed E-state index contributed by atoms with van der Waals surface area (Å²) in [5.74, 6) is -1.38. The second-order valence-corrected chi connectivity index (χ2v) is 6.42. The van der Waals surface area contributed by atoms with Crippen molar-refractivity contribution < 1.29 is 23.7 Å². The van der Waals surface area contributed by atoms with Crippen LogP contribution in [0, 0.1) is 6.92 Å². The Bertz CT molecular complexity index is 766. The minimum absolute atomic E-state index is 0.168. The number of H-pyrrole nitrogens is 1. The van der Waals surface area contributed by atoms with Crippen LogP contribution >= 0.6 is 0 Å². The SMILES string of the molecule is CC(=O)O[C@H]1[C@@H]2OC(C)(C)O[C@@H]2CO[C@@H]1n1cc(C)c(=O)[nH]c1=O. The molecule has 0 spiro atoms. The van der Waals surface area contributed by atoms with Gasteiger partial charge in [-0.15, -0.1) is 0 Å². The number of rotatable bonds is 2. The molecule has 9 heteroatoms. The van der Waals surface area contributed by atoms with Gasteiger partial charge in [0.25, 0.3) is 5.56 Å². The average Bonchev–Trinajstić information content (AvgIpc) is 2.78. The predicted molar refractivity (Wildman–Crippen MR) is 80.4 cm³/mol. The zero-order chi connectivity index (χ0) is 17.6. The number of carbonyl (C=O) groups is 1. The Labute approximate surface area is 137 Å². The van der Waals surface area contributed by atoms with Crippen LogP contribution in [0.25, 0.3) is 0 Å². The van der Waals surface area contributed by atoms with Crippen LogP contribution in [0.3, 0.4) is 0 Å². The molecule has 0 unspecified atom stereocenters. The molecule has 2 saturated heterocycles. The quantitative estimate of drug-likeness (QED) is 0.744. The highest BCUT2D eigenvalue weighted by Gasteiger charge is 2.53. The molecule has 2 aliphatic rings. The lowest BCUT2D eigenvalue weighted by molar-refractivity contribution is -0.205. The molecule has 0 amide bonds. The Balaban J connectivity index is 2.01. The third kappa shape index (κ3) is 3.02. The smallest absolute Gasteiger partial charge is 0.330 e. The summed E-state index contributed by atoms with van der Waals surface area (Å²) in [5, 5.41) is 0. The van der Waals surface area contributed by atoms with E-state index >= 15 is 0 Å². The molecular weight excluding hydrogens is 320 g/mol. The third-order valence-corrected chi connectivity index (χ3v) is 3.98. The predicted octanol–water partition coefficient (Wildman–Crippen LogP) is -0.174. The zero-order valence-corrected chi connectivity index (χ0v) is 13.9. The van der Waals surface area contributed by atoms with E-state index in [-0.39, 0.29) is 6.61 Å². The van der Waals surface area contributed by atoms with Gasteiger partial charge in [0.15, 0.2) is 18.1 Å². The van der Waals surface area contributed by atoms with Gasteiger partial charge in [-0.2, -0.15) is 0 Å². The topological polar surface area (TPSA) is 109 Å². The normalized spacial score (nSPS) is 31.5. The van der Waals surface area contributed by atoms with Gasteiger partial charge in [-0.3, -0.25) is 19.1 Å². The fourth-order valence-electron chi connectivity index (χ4n) is 3.05. The van der Waals surface area contributed by atoms with Gasteiger partial charge >= 0.3 is 11.7 Å². The van der Waals surface area contributed by atoms with E-state index in [1.165, 1.54) is 17.7 Å². The number of ether oxygens (including phenoxy) is 4. The first-order chi connectivity index (χ1) is 11.2. The molecule has 2 aliphatic heterocycles. The zero-order valence-electron chi connectivity index (χ0n) is 13.9. The molecule has 9 nitrogen and oxygen atoms in total. The number of carbonyl (C=O) groups excluding carboxylic acids is 1. The van der Waals surface area contributed by atoms with Gasteiger partial charge in [0.05, 0.1) is 6.61 Å². The minimum Gasteiger partial charge on any atom is -0.455 e. The molecule has 4 atom stereocenters. The highest BCUT2D eigenvalue weighted by molar-refractivity contribution is 5.66. The lowest BCUT2D eigenvalue weighted by Crippen LogP contribution is -2.53. The lowest BCUT2D eigenvalue weighted by Gasteiger charge is -2.37. The first kappa shape index (κ1) is 16.9. The summed E-state index contributed by atoms with van der Waals surface area (Å²) in [4.78, 5) is 37.5. The summed E-state index contributed by atoms with van der Waals surface area (Å²) < 4.78 is 23.9. The summed E-state index contributed by atoms with van der Waals surface area (Å²) in [6.45, 7) is 6.51. The summed E-state index contributed by atoms with van der Waals surface area (Å²) >= 11 is 0. The van der Waals surface area contributed by atoms with Crippen LogP contribution in [0.5, 0.6) is 0 Å². The molecule has 0 aliphatic carbocycles. The van der Waals surface area contributed by atoms with Gasteiger partial charge in [-0.25, -0.2) is 4.79 Å². The van der Waals surface area contributed by atoms with E-state index in [1.54, 1.807) is 20.8 Å². The van der Waals surface area contributed by atoms with Crippen LogP contribution in [-0.2, 0) is 23.7 Å². The van der Waals surface area contributed by atoms with E-state index < -0.39 is 47.5 Å². The van der Waals surface area contributed by atoms with Gasteiger partial charge in [-0.05, 0) is 20.8 Å². The van der Waals surface area contributed by atoms with Crippen molar-refractivity contribution >= 4 is 5.97 Å². The lowest BCUT2D eigenvalue weighted by atomic mass is 10.0. The molecule has 3 rings (SSSR count). The van der Waals surface area contributed by atoms with Crippen molar-refractivity contribution in [1.82, 2.24) is 9.55 Å². The van der Waals surface area contributed by atoms with Crippen molar-refractivity contribution in [2.45, 2.75) is 58.0 Å². The summed E-state index contributed by atoms with van der Waals surface area (Å²) in [7, 11) is 0. The molecule has 1 aromatic rings. The maximum absolute atomic E-state index is 12.2. The fraction of sp³-hybridized carbons (Fsp3) is 0.667. The van der Waals surface area contributed by atoms with Crippen molar-refractivity contribution in [1.29, 1.82) is 0 Å². The molecule has 0 aromatic carbocycles. The minimum atomic E-state index is -0.921. The van der Waals surface area contributed by atoms with E-state index in [0.717, 1.165) is 0 Å². The molecular formula is C15H20N2O7. The van der Waals surface area contributed by atoms with E-state index in [4.69, 9.17) is 18.9 Å². The van der Waals surface area contributed by atoms with E-state index in [2.05, 4.69) is 4.98 Å². The number of aryl methyl sites for hydroxylation is 1. The number of nitrogens with one attached hydrogen (secondary N) is 1. The second-order valence-electron chi connectivity index (χ2n) is 6.42. The maximum Gasteiger partial charge on any atom is 0.330 e. The van der Waals surface area contributed by atoms with Crippen molar-refractivity contribution in [3.63, 3.8) is 0 Å². The number of aromatic amines is 1. The van der Waals surface area contributed by atoms with Crippen LogP contribution in [-0.4, -0.2) is 46.2 Å². The van der Waals surface area contributed by atoms with E-state index in [1.807, 2.05) is 0 Å². The van der Waals surface area contributed by atoms with Crippen molar-refractivity contribution in [3.05, 3.63) is 32.6 Å². The Morgan fingerprint density at radius 1 is 1.38 bits per heavy atom. The summed E-state index contributed by atoms with van der Waals surface area (Å²) in [6, 6.07) is 0. The Hall–Kier alpha value is -1.97. The molecule has 2 fully saturated rings. The van der Waals surface area contributed by atoms with Crippen LogP contribution in [0.15, 0.2) is 15.8 Å². The largest absolute Gasteiger partial charge is 0.455 e. The molecule has 24 heavy (non-hydrogen) atoms. The van der Waals surface area contributed by atoms with E-state index in [0.29, 0.717) is 5.56 Å². The molecule has 0 bridgehead atoms. The van der Waals surface area contributed by atoms with Crippen LogP contribution in [0.2, 0.25) is 0 Å². The van der Waals surface area contributed by atoms with Crippen LogP contribution in [0.1, 0.15) is 32.6 Å². The molecule has 1 N–H and O–H groups in total. The highest BCUT2D eigenvalue weighted by atomic mass is 16.8. The number of hydrogen-bond donors (Lipinski definition) is 1. The van der Waals surface area contributed by atoms with Crippen molar-refractivity contribution in [2.75, 3.05) is 6.61 Å². The van der Waals surface area contributed by atoms with Crippen molar-refractivity contribution in [2.24, 2.45) is 0 Å². The number of aromatic nitrogens is 2. The molecule has 0 radical (unpaired) electrons. The average molecular weight is 340 g/mol. The van der Waals surface area contributed by atoms with Gasteiger partial charge in [-0.1, -0.05) is 0 Å². The van der Waals surface area contributed by atoms with E-state index in [9.17, 15) is 14.4 Å². The number of fused-ring (bicyclic) bond motifs is 1. The number of nitrogens with zero attached hydrogens (tertiary/aromatic N) is 1. The monoisotopic (exact) mass is 340 g/mol. The van der Waals surface area contributed by atoms with Gasteiger partial charge in [0, 0.05) is 18.7 Å². The second kappa shape index (κ2) is 5.83. The van der Waals surface area contributed by atoms with Crippen molar-refractivity contribution in [3.8, 4) is 0 Å². The standard InChI is InChI=1S/C15H20N2O7/c1-7-5-17(14(20)16-12(7)19)13-11(22-8(2)18)10-9(6-21-13)23-15(3,4)24-10/h5,9-11,13H,6H2,1-4H3,(H,16,19,20)/t9-,10-,11+,13+/m1/s1. The Kier molecular flexibility index (Phi) is 4.10. The first-order valence-corrected chi connectivity index (χ1v) is 7.64. The molecule has 0 saturated carbocycles. The highest BCUT2D eigenvalue weighted by Crippen LogP contribution is 2.38. The van der Waals surface area contributed by atoms with Crippen LogP contribution < -0.4 is 11.2 Å². The molecule has 132 valence electrons. The number of hydrogen-bond acceptors (Lipinski definition) is 7. The number of esters is 1. The molecule has 1 aromatic heterocycles. The van der Waals surface area contributed by atoms with Gasteiger partial charge in [0.2, 0.25) is 0 Å². The van der Waals surface area contributed by atoms with Crippen LogP contribution in [0.4, 0.5) is 0 Å².